The van der Waals surface area contributed by atoms with Crippen molar-refractivity contribution in [2.24, 2.45) is 0 Å². The van der Waals surface area contributed by atoms with Crippen molar-refractivity contribution in [1.82, 2.24) is 4.90 Å². The molecule has 0 aliphatic rings. The summed E-state index contributed by atoms with van der Waals surface area (Å²) in [5.41, 5.74) is 0. The molecule has 0 fully saturated rings. The maximum Gasteiger partial charge on any atom is 0.0157 e. The molecule has 1 nitrogen and oxygen atoms in total. The van der Waals surface area contributed by atoms with E-state index in [2.05, 4.69) is 38.1 Å². The lowest BCUT2D eigenvalue weighted by Gasteiger charge is -2.02. The molecular formula is C7H15N. The molecule has 8 heavy (non-hydrogen) atoms. The van der Waals surface area contributed by atoms with Crippen LogP contribution in [0.4, 0.5) is 0 Å². The van der Waals surface area contributed by atoms with E-state index in [1.807, 2.05) is 0 Å². The lowest BCUT2D eigenvalue weighted by molar-refractivity contribution is 0.456. The topological polar surface area (TPSA) is 3.24 Å². The van der Waals surface area contributed by atoms with E-state index in [0.717, 1.165) is 13.0 Å². The van der Waals surface area contributed by atoms with Gasteiger partial charge < -0.3 is 4.90 Å². The highest BCUT2D eigenvalue weighted by Crippen LogP contribution is 1.80. The normalized spacial score (nSPS) is 11.5. The largest absolute Gasteiger partial charge is 0.306 e. The number of allylic oxidation sites excluding steroid dienone is 1. The van der Waals surface area contributed by atoms with E-state index in [4.69, 9.17) is 0 Å². The summed E-state index contributed by atoms with van der Waals surface area (Å²) in [7, 11) is 4.14. The van der Waals surface area contributed by atoms with E-state index in [1.54, 1.807) is 0 Å². The van der Waals surface area contributed by atoms with Crippen LogP contribution >= 0.6 is 0 Å². The van der Waals surface area contributed by atoms with E-state index in [-0.39, 0.29) is 0 Å². The number of rotatable bonds is 3. The zero-order valence-corrected chi connectivity index (χ0v) is 6.02. The van der Waals surface area contributed by atoms with Gasteiger partial charge in [0.1, 0.15) is 0 Å². The Morgan fingerprint density at radius 1 is 1.25 bits per heavy atom. The zero-order valence-electron chi connectivity index (χ0n) is 6.02. The molecule has 0 heterocycles. The smallest absolute Gasteiger partial charge is 0.0157 e. The quantitative estimate of drug-likeness (QED) is 0.501. The van der Waals surface area contributed by atoms with Gasteiger partial charge in [-0.1, -0.05) is 19.1 Å². The minimum absolute atomic E-state index is 1.06. The predicted molar refractivity (Wildman–Crippen MR) is 38.0 cm³/mol. The lowest BCUT2D eigenvalue weighted by Crippen LogP contribution is -2.10. The molecule has 48 valence electrons. The summed E-state index contributed by atoms with van der Waals surface area (Å²) in [6.45, 7) is 3.21. The van der Waals surface area contributed by atoms with Crippen LogP contribution in [0.5, 0.6) is 0 Å². The van der Waals surface area contributed by atoms with Crippen molar-refractivity contribution in [3.05, 3.63) is 12.2 Å². The van der Waals surface area contributed by atoms with Crippen molar-refractivity contribution in [3.63, 3.8) is 0 Å². The Balaban J connectivity index is 3.03. The third kappa shape index (κ3) is 5.70. The summed E-state index contributed by atoms with van der Waals surface area (Å²) in [5, 5.41) is 0. The second-order valence-electron chi connectivity index (χ2n) is 2.14. The molecule has 0 saturated carbocycles. The second-order valence-corrected chi connectivity index (χ2v) is 2.14. The Labute approximate surface area is 52.0 Å². The van der Waals surface area contributed by atoms with Crippen LogP contribution in [0.2, 0.25) is 0 Å². The minimum Gasteiger partial charge on any atom is -0.306 e. The van der Waals surface area contributed by atoms with E-state index in [9.17, 15) is 0 Å². The van der Waals surface area contributed by atoms with Crippen LogP contribution < -0.4 is 0 Å². The fourth-order valence-corrected chi connectivity index (χ4v) is 0.452. The van der Waals surface area contributed by atoms with Gasteiger partial charge in [-0.05, 0) is 20.5 Å². The van der Waals surface area contributed by atoms with Crippen LogP contribution in [0.3, 0.4) is 0 Å². The summed E-state index contributed by atoms with van der Waals surface area (Å²) in [6.07, 6.45) is 5.51. The van der Waals surface area contributed by atoms with Crippen LogP contribution in [-0.4, -0.2) is 25.5 Å². The zero-order chi connectivity index (χ0) is 6.41. The van der Waals surface area contributed by atoms with Crippen LogP contribution in [0.1, 0.15) is 13.3 Å². The van der Waals surface area contributed by atoms with Crippen molar-refractivity contribution in [1.29, 1.82) is 0 Å². The average Bonchev–Trinajstić information content (AvgIpc) is 1.66. The average molecular weight is 113 g/mol. The van der Waals surface area contributed by atoms with Gasteiger partial charge in [0.15, 0.2) is 0 Å². The first kappa shape index (κ1) is 7.70. The van der Waals surface area contributed by atoms with Crippen molar-refractivity contribution in [3.8, 4) is 0 Å². The van der Waals surface area contributed by atoms with E-state index >= 15 is 0 Å². The minimum atomic E-state index is 1.06. The van der Waals surface area contributed by atoms with Crippen molar-refractivity contribution < 1.29 is 0 Å². The molecular weight excluding hydrogens is 98.1 g/mol. The Hall–Kier alpha value is -0.300. The van der Waals surface area contributed by atoms with Crippen molar-refractivity contribution >= 4 is 0 Å². The van der Waals surface area contributed by atoms with Gasteiger partial charge in [0, 0.05) is 6.54 Å². The number of nitrogens with zero attached hydrogens (tertiary/aromatic N) is 1. The second kappa shape index (κ2) is 4.85. The van der Waals surface area contributed by atoms with Crippen LogP contribution in [0, 0.1) is 0 Å². The highest BCUT2D eigenvalue weighted by Gasteiger charge is 1.78. The third-order valence-corrected chi connectivity index (χ3v) is 0.873. The summed E-state index contributed by atoms with van der Waals surface area (Å²) in [4.78, 5) is 2.14. The first-order valence-corrected chi connectivity index (χ1v) is 3.07. The summed E-state index contributed by atoms with van der Waals surface area (Å²) in [5.74, 6) is 0. The SMILES string of the molecule is CCC=CCN(C)C. The molecule has 0 aliphatic heterocycles. The van der Waals surface area contributed by atoms with Gasteiger partial charge in [-0.25, -0.2) is 0 Å². The van der Waals surface area contributed by atoms with E-state index in [0.29, 0.717) is 0 Å². The summed E-state index contributed by atoms with van der Waals surface area (Å²) >= 11 is 0. The maximum absolute atomic E-state index is 2.18. The molecule has 0 amide bonds. The fraction of sp³-hybridized carbons (Fsp3) is 0.714. The summed E-state index contributed by atoms with van der Waals surface area (Å²) in [6, 6.07) is 0. The Morgan fingerprint density at radius 3 is 2.25 bits per heavy atom. The molecule has 0 aliphatic carbocycles. The Bertz CT molecular complexity index is 64.8. The molecule has 0 aromatic carbocycles. The molecule has 0 unspecified atom stereocenters. The highest BCUT2D eigenvalue weighted by molar-refractivity contribution is 4.81. The van der Waals surface area contributed by atoms with Crippen LogP contribution in [0.25, 0.3) is 0 Å². The highest BCUT2D eigenvalue weighted by atomic mass is 15.0. The standard InChI is InChI=1S/C7H15N/c1-4-5-6-7-8(2)3/h5-6H,4,7H2,1-3H3. The Morgan fingerprint density at radius 2 is 1.88 bits per heavy atom. The molecule has 1 heteroatoms. The van der Waals surface area contributed by atoms with Gasteiger partial charge in [-0.2, -0.15) is 0 Å². The molecule has 0 bridgehead atoms. The molecule has 0 rings (SSSR count). The molecule has 0 aromatic rings. The third-order valence-electron chi connectivity index (χ3n) is 0.873. The van der Waals surface area contributed by atoms with Gasteiger partial charge in [0.05, 0.1) is 0 Å². The van der Waals surface area contributed by atoms with E-state index < -0.39 is 0 Å². The molecule has 0 atom stereocenters. The molecule has 0 aromatic heterocycles. The maximum atomic E-state index is 2.18. The first-order valence-electron chi connectivity index (χ1n) is 3.07. The molecule has 0 saturated heterocycles. The van der Waals surface area contributed by atoms with Gasteiger partial charge >= 0.3 is 0 Å². The van der Waals surface area contributed by atoms with Gasteiger partial charge in [0.25, 0.3) is 0 Å². The first-order chi connectivity index (χ1) is 3.77. The fourth-order valence-electron chi connectivity index (χ4n) is 0.452. The van der Waals surface area contributed by atoms with Crippen molar-refractivity contribution in [2.75, 3.05) is 20.6 Å². The number of likely N-dealkylation sites (N-methyl/N-ethyl adjacent to an activating group) is 1. The molecule has 0 N–H and O–H groups in total. The Kier molecular flexibility index (Phi) is 4.67. The molecule has 0 spiro atoms. The van der Waals surface area contributed by atoms with Gasteiger partial charge in [-0.3, -0.25) is 0 Å². The van der Waals surface area contributed by atoms with Gasteiger partial charge in [-0.15, -0.1) is 0 Å². The van der Waals surface area contributed by atoms with Crippen molar-refractivity contribution in [2.45, 2.75) is 13.3 Å². The summed E-state index contributed by atoms with van der Waals surface area (Å²) < 4.78 is 0. The molecule has 0 radical (unpaired) electrons. The monoisotopic (exact) mass is 113 g/mol. The van der Waals surface area contributed by atoms with E-state index in [1.165, 1.54) is 0 Å². The number of hydrogen-bond donors (Lipinski definition) is 0. The number of hydrogen-bond acceptors (Lipinski definition) is 1. The predicted octanol–water partition coefficient (Wildman–Crippen LogP) is 1.51. The van der Waals surface area contributed by atoms with Crippen LogP contribution in [-0.2, 0) is 0 Å². The lowest BCUT2D eigenvalue weighted by atomic mass is 10.4. The van der Waals surface area contributed by atoms with Crippen LogP contribution in [0.15, 0.2) is 12.2 Å². The van der Waals surface area contributed by atoms with Gasteiger partial charge in [0.2, 0.25) is 0 Å².